The highest BCUT2D eigenvalue weighted by Gasteiger charge is 2.64. The molecule has 0 radical (unpaired) electrons. The normalized spacial score (nSPS) is 18.6. The topological polar surface area (TPSA) is 71.3 Å². The SMILES string of the molecule is Cc1ccsc1/C=N/NC(=O)c1cc2n(n1)C(C(F)(F)C(F)(F)F)CC(c1ccc(F)cc1)N2. The Morgan fingerprint density at radius 1 is 1.24 bits per heavy atom. The molecule has 0 aliphatic carbocycles. The van der Waals surface area contributed by atoms with Gasteiger partial charge < -0.3 is 5.32 Å². The van der Waals surface area contributed by atoms with Crippen LogP contribution in [0.2, 0.25) is 0 Å². The molecule has 1 aromatic carbocycles. The van der Waals surface area contributed by atoms with E-state index in [1.165, 1.54) is 29.7 Å². The molecule has 3 heterocycles. The highest BCUT2D eigenvalue weighted by atomic mass is 32.1. The van der Waals surface area contributed by atoms with Crippen LogP contribution in [0.4, 0.5) is 32.2 Å². The minimum Gasteiger partial charge on any atom is -0.363 e. The molecule has 2 atom stereocenters. The molecule has 1 amide bonds. The first kappa shape index (κ1) is 23.8. The maximum atomic E-state index is 14.5. The summed E-state index contributed by atoms with van der Waals surface area (Å²) in [6, 6.07) is 4.21. The van der Waals surface area contributed by atoms with Gasteiger partial charge in [-0.15, -0.1) is 11.3 Å². The molecule has 0 saturated carbocycles. The number of nitrogens with zero attached hydrogens (tertiary/aromatic N) is 3. The van der Waals surface area contributed by atoms with Crippen LogP contribution in [0, 0.1) is 12.7 Å². The molecule has 180 valence electrons. The lowest BCUT2D eigenvalue weighted by atomic mass is 9.93. The number of anilines is 1. The van der Waals surface area contributed by atoms with Gasteiger partial charge in [0.05, 0.1) is 12.3 Å². The molecule has 1 aliphatic heterocycles. The van der Waals surface area contributed by atoms with E-state index in [0.717, 1.165) is 28.6 Å². The number of carbonyl (C=O) groups is 1. The van der Waals surface area contributed by atoms with Crippen LogP contribution < -0.4 is 10.7 Å². The number of rotatable bonds is 5. The number of benzene rings is 1. The van der Waals surface area contributed by atoms with Crippen molar-refractivity contribution < 1.29 is 31.1 Å². The largest absolute Gasteiger partial charge is 0.455 e. The van der Waals surface area contributed by atoms with Gasteiger partial charge in [-0.25, -0.2) is 14.5 Å². The lowest BCUT2D eigenvalue weighted by molar-refractivity contribution is -0.301. The molecule has 34 heavy (non-hydrogen) atoms. The Labute approximate surface area is 193 Å². The lowest BCUT2D eigenvalue weighted by Gasteiger charge is -2.37. The number of hydrazone groups is 1. The van der Waals surface area contributed by atoms with Gasteiger partial charge in [-0.3, -0.25) is 4.79 Å². The van der Waals surface area contributed by atoms with Crippen molar-refractivity contribution in [1.29, 1.82) is 0 Å². The number of hydrogen-bond donors (Lipinski definition) is 2. The van der Waals surface area contributed by atoms with Gasteiger partial charge in [0.25, 0.3) is 5.91 Å². The fourth-order valence-corrected chi connectivity index (χ4v) is 4.33. The van der Waals surface area contributed by atoms with E-state index < -0.39 is 48.0 Å². The predicted molar refractivity (Wildman–Crippen MR) is 114 cm³/mol. The summed E-state index contributed by atoms with van der Waals surface area (Å²) in [5.74, 6) is -6.82. The van der Waals surface area contributed by atoms with Crippen LogP contribution in [0.1, 0.15) is 45.0 Å². The van der Waals surface area contributed by atoms with Crippen LogP contribution >= 0.6 is 11.3 Å². The van der Waals surface area contributed by atoms with E-state index in [2.05, 4.69) is 20.9 Å². The molecule has 0 bridgehead atoms. The van der Waals surface area contributed by atoms with E-state index in [4.69, 9.17) is 0 Å². The Hall–Kier alpha value is -3.35. The van der Waals surface area contributed by atoms with Gasteiger partial charge in [0.1, 0.15) is 17.7 Å². The van der Waals surface area contributed by atoms with Crippen LogP contribution in [0.15, 0.2) is 46.9 Å². The van der Waals surface area contributed by atoms with Gasteiger partial charge in [0, 0.05) is 17.4 Å². The third-order valence-corrected chi connectivity index (χ3v) is 6.32. The molecule has 13 heteroatoms. The van der Waals surface area contributed by atoms with Crippen molar-refractivity contribution in [2.75, 3.05) is 5.32 Å². The van der Waals surface area contributed by atoms with Crippen molar-refractivity contribution in [1.82, 2.24) is 15.2 Å². The molecule has 2 N–H and O–H groups in total. The van der Waals surface area contributed by atoms with E-state index >= 15 is 0 Å². The number of alkyl halides is 5. The lowest BCUT2D eigenvalue weighted by Crippen LogP contribution is -2.47. The summed E-state index contributed by atoms with van der Waals surface area (Å²) in [4.78, 5) is 13.2. The first-order chi connectivity index (χ1) is 16.0. The quantitative estimate of drug-likeness (QED) is 0.278. The predicted octanol–water partition coefficient (Wildman–Crippen LogP) is 5.45. The summed E-state index contributed by atoms with van der Waals surface area (Å²) in [6.07, 6.45) is -5.17. The summed E-state index contributed by atoms with van der Waals surface area (Å²) in [5, 5.41) is 12.1. The number of fused-ring (bicyclic) bond motifs is 1. The standard InChI is InChI=1S/C21H17F6N5OS/c1-11-6-7-34-16(11)10-28-30-19(33)15-9-18-29-14(12-2-4-13(22)5-3-12)8-17(32(18)31-15)20(23,24)21(25,26)27/h2-7,9-10,14,17,29H,8H2,1H3,(H,30,33)/b28-10+. The fourth-order valence-electron chi connectivity index (χ4n) is 3.54. The first-order valence-electron chi connectivity index (χ1n) is 9.91. The second kappa shape index (κ2) is 8.78. The molecule has 2 aromatic heterocycles. The van der Waals surface area contributed by atoms with Crippen LogP contribution in [0.5, 0.6) is 0 Å². The summed E-state index contributed by atoms with van der Waals surface area (Å²) in [7, 11) is 0. The summed E-state index contributed by atoms with van der Waals surface area (Å²) in [6.45, 7) is 1.84. The highest BCUT2D eigenvalue weighted by molar-refractivity contribution is 7.11. The summed E-state index contributed by atoms with van der Waals surface area (Å²) >= 11 is 1.38. The zero-order chi connectivity index (χ0) is 24.7. The maximum absolute atomic E-state index is 14.5. The Kier molecular flexibility index (Phi) is 6.14. The Bertz CT molecular complexity index is 1220. The highest BCUT2D eigenvalue weighted by Crippen LogP contribution is 2.50. The number of carbonyl (C=O) groups excluding carboxylic acids is 1. The van der Waals surface area contributed by atoms with E-state index in [1.807, 2.05) is 18.4 Å². The van der Waals surface area contributed by atoms with E-state index in [-0.39, 0.29) is 5.82 Å². The number of hydrogen-bond acceptors (Lipinski definition) is 5. The number of amides is 1. The zero-order valence-electron chi connectivity index (χ0n) is 17.4. The maximum Gasteiger partial charge on any atom is 0.455 e. The molecule has 6 nitrogen and oxygen atoms in total. The van der Waals surface area contributed by atoms with Crippen molar-refractivity contribution in [2.24, 2.45) is 5.10 Å². The number of aryl methyl sites for hydroxylation is 1. The molecule has 0 spiro atoms. The van der Waals surface area contributed by atoms with Gasteiger partial charge in [-0.05, 0) is 41.6 Å². The molecule has 0 fully saturated rings. The van der Waals surface area contributed by atoms with Crippen molar-refractivity contribution in [3.8, 4) is 0 Å². The van der Waals surface area contributed by atoms with E-state index in [1.54, 1.807) is 0 Å². The molecular weight excluding hydrogens is 484 g/mol. The van der Waals surface area contributed by atoms with Gasteiger partial charge >= 0.3 is 12.1 Å². The third kappa shape index (κ3) is 4.52. The first-order valence-corrected chi connectivity index (χ1v) is 10.8. The minimum atomic E-state index is -5.85. The average Bonchev–Trinajstić information content (AvgIpc) is 3.38. The Morgan fingerprint density at radius 2 is 1.94 bits per heavy atom. The second-order valence-corrected chi connectivity index (χ2v) is 8.59. The monoisotopic (exact) mass is 501 g/mol. The van der Waals surface area contributed by atoms with Crippen molar-refractivity contribution in [3.63, 3.8) is 0 Å². The van der Waals surface area contributed by atoms with Gasteiger partial charge in [0.15, 0.2) is 5.69 Å². The number of aromatic nitrogens is 2. The number of halogens is 6. The molecule has 1 aliphatic rings. The van der Waals surface area contributed by atoms with Gasteiger partial charge in [0.2, 0.25) is 0 Å². The van der Waals surface area contributed by atoms with Gasteiger partial charge in [-0.2, -0.15) is 32.2 Å². The molecular formula is C21H17F6N5OS. The average molecular weight is 501 g/mol. The fraction of sp³-hybridized carbons (Fsp3) is 0.286. The van der Waals surface area contributed by atoms with Crippen LogP contribution in [-0.2, 0) is 0 Å². The summed E-state index contributed by atoms with van der Waals surface area (Å²) in [5.41, 5.74) is 3.02. The van der Waals surface area contributed by atoms with Crippen molar-refractivity contribution in [3.05, 3.63) is 69.3 Å². The van der Waals surface area contributed by atoms with E-state index in [9.17, 15) is 31.1 Å². The van der Waals surface area contributed by atoms with Crippen LogP contribution in [-0.4, -0.2) is 34.0 Å². The van der Waals surface area contributed by atoms with Crippen LogP contribution in [0.25, 0.3) is 0 Å². The van der Waals surface area contributed by atoms with Crippen molar-refractivity contribution >= 4 is 29.3 Å². The third-order valence-electron chi connectivity index (χ3n) is 5.36. The molecule has 3 aromatic rings. The number of nitrogens with one attached hydrogen (secondary N) is 2. The molecule has 2 unspecified atom stereocenters. The Morgan fingerprint density at radius 3 is 2.56 bits per heavy atom. The van der Waals surface area contributed by atoms with Gasteiger partial charge in [-0.1, -0.05) is 12.1 Å². The minimum absolute atomic E-state index is 0.210. The molecule has 4 rings (SSSR count). The molecule has 0 saturated heterocycles. The number of thiophene rings is 1. The zero-order valence-corrected chi connectivity index (χ0v) is 18.2. The summed E-state index contributed by atoms with van der Waals surface area (Å²) < 4.78 is 82.4. The Balaban J connectivity index is 1.64. The van der Waals surface area contributed by atoms with Crippen LogP contribution in [0.3, 0.4) is 0 Å². The smallest absolute Gasteiger partial charge is 0.363 e. The van der Waals surface area contributed by atoms with Crippen molar-refractivity contribution in [2.45, 2.75) is 37.5 Å². The van der Waals surface area contributed by atoms with E-state index in [0.29, 0.717) is 10.2 Å². The second-order valence-electron chi connectivity index (χ2n) is 7.65.